The lowest BCUT2D eigenvalue weighted by atomic mass is 10.3. The smallest absolute Gasteiger partial charge is 0.143 e. The number of anilines is 1. The topological polar surface area (TPSA) is 63.8 Å². The summed E-state index contributed by atoms with van der Waals surface area (Å²) in [4.78, 5) is 8.70. The molecule has 0 aliphatic heterocycles. The lowest BCUT2D eigenvalue weighted by Crippen LogP contribution is -2.10. The fourth-order valence-corrected chi connectivity index (χ4v) is 1.51. The number of aryl methyl sites for hydroxylation is 1. The Labute approximate surface area is 77.5 Å². The number of nitrogens with two attached hydrogens (primary N) is 1. The van der Waals surface area contributed by atoms with Crippen molar-refractivity contribution in [3.05, 3.63) is 17.6 Å². The van der Waals surface area contributed by atoms with Crippen molar-refractivity contribution in [3.8, 4) is 0 Å². The fraction of sp³-hybridized carbons (Fsp3) is 0.556. The predicted octanol–water partition coefficient (Wildman–Crippen LogP) is 1.19. The van der Waals surface area contributed by atoms with Crippen LogP contribution < -0.4 is 11.3 Å². The van der Waals surface area contributed by atoms with E-state index < -0.39 is 0 Å². The van der Waals surface area contributed by atoms with Gasteiger partial charge in [-0.25, -0.2) is 15.8 Å². The zero-order valence-electron chi connectivity index (χ0n) is 7.91. The highest BCUT2D eigenvalue weighted by Gasteiger charge is 2.36. The SMILES string of the molecule is Cc1cc(NN)nc(C2CC2C)n1. The number of rotatable bonds is 2. The average molecular weight is 178 g/mol. The van der Waals surface area contributed by atoms with Crippen LogP contribution in [0.25, 0.3) is 0 Å². The largest absolute Gasteiger partial charge is 0.308 e. The Bertz CT molecular complexity index is 323. The number of aromatic nitrogens is 2. The molecule has 0 saturated heterocycles. The molecular formula is C9H14N4. The number of hydrazine groups is 1. The van der Waals surface area contributed by atoms with Crippen molar-refractivity contribution in [2.75, 3.05) is 5.43 Å². The second-order valence-corrected chi connectivity index (χ2v) is 3.72. The number of nitrogens with zero attached hydrogens (tertiary/aromatic N) is 2. The summed E-state index contributed by atoms with van der Waals surface area (Å²) < 4.78 is 0. The van der Waals surface area contributed by atoms with Crippen molar-refractivity contribution in [2.24, 2.45) is 11.8 Å². The van der Waals surface area contributed by atoms with E-state index in [4.69, 9.17) is 5.84 Å². The Morgan fingerprint density at radius 1 is 1.54 bits per heavy atom. The zero-order valence-corrected chi connectivity index (χ0v) is 7.91. The van der Waals surface area contributed by atoms with Gasteiger partial charge in [-0.2, -0.15) is 0 Å². The van der Waals surface area contributed by atoms with Gasteiger partial charge in [-0.15, -0.1) is 0 Å². The van der Waals surface area contributed by atoms with E-state index in [1.54, 1.807) is 0 Å². The Balaban J connectivity index is 2.30. The molecule has 2 unspecified atom stereocenters. The third kappa shape index (κ3) is 1.62. The highest BCUT2D eigenvalue weighted by Crippen LogP contribution is 2.45. The maximum atomic E-state index is 5.30. The minimum absolute atomic E-state index is 0.548. The molecular weight excluding hydrogens is 164 g/mol. The summed E-state index contributed by atoms with van der Waals surface area (Å²) in [5, 5.41) is 0. The molecule has 1 aromatic heterocycles. The molecule has 1 fully saturated rings. The van der Waals surface area contributed by atoms with Crippen LogP contribution in [0.1, 0.15) is 30.8 Å². The van der Waals surface area contributed by atoms with Gasteiger partial charge in [-0.1, -0.05) is 6.92 Å². The Morgan fingerprint density at radius 3 is 2.77 bits per heavy atom. The van der Waals surface area contributed by atoms with Crippen LogP contribution in [-0.2, 0) is 0 Å². The molecule has 0 spiro atoms. The first-order chi connectivity index (χ1) is 6.20. The van der Waals surface area contributed by atoms with Crippen molar-refractivity contribution in [2.45, 2.75) is 26.2 Å². The fourth-order valence-electron chi connectivity index (χ4n) is 1.51. The van der Waals surface area contributed by atoms with E-state index in [0.29, 0.717) is 11.7 Å². The molecule has 1 aliphatic rings. The van der Waals surface area contributed by atoms with Gasteiger partial charge in [0.15, 0.2) is 0 Å². The van der Waals surface area contributed by atoms with Crippen molar-refractivity contribution in [1.82, 2.24) is 9.97 Å². The van der Waals surface area contributed by atoms with Crippen molar-refractivity contribution < 1.29 is 0 Å². The van der Waals surface area contributed by atoms with Gasteiger partial charge in [-0.3, -0.25) is 0 Å². The van der Waals surface area contributed by atoms with Crippen LogP contribution >= 0.6 is 0 Å². The quantitative estimate of drug-likeness (QED) is 0.527. The van der Waals surface area contributed by atoms with Gasteiger partial charge in [-0.05, 0) is 19.3 Å². The van der Waals surface area contributed by atoms with Gasteiger partial charge in [0.2, 0.25) is 0 Å². The van der Waals surface area contributed by atoms with E-state index in [1.807, 2.05) is 13.0 Å². The van der Waals surface area contributed by atoms with Crippen molar-refractivity contribution in [1.29, 1.82) is 0 Å². The summed E-state index contributed by atoms with van der Waals surface area (Å²) in [5.74, 6) is 8.22. The predicted molar refractivity (Wildman–Crippen MR) is 51.1 cm³/mol. The summed E-state index contributed by atoms with van der Waals surface area (Å²) in [6.45, 7) is 4.17. The standard InChI is InChI=1S/C9H14N4/c1-5-3-7(5)9-11-6(2)4-8(12-9)13-10/h4-5,7H,3,10H2,1-2H3,(H,11,12,13). The number of hydrogen-bond donors (Lipinski definition) is 2. The van der Waals surface area contributed by atoms with Crippen LogP contribution in [0.2, 0.25) is 0 Å². The Morgan fingerprint density at radius 2 is 2.23 bits per heavy atom. The molecule has 1 saturated carbocycles. The molecule has 1 aromatic rings. The molecule has 1 heterocycles. The normalized spacial score (nSPS) is 25.8. The molecule has 4 nitrogen and oxygen atoms in total. The molecule has 2 atom stereocenters. The van der Waals surface area contributed by atoms with E-state index in [1.165, 1.54) is 6.42 Å². The van der Waals surface area contributed by atoms with E-state index in [0.717, 1.165) is 17.4 Å². The number of hydrogen-bond acceptors (Lipinski definition) is 4. The second-order valence-electron chi connectivity index (χ2n) is 3.72. The highest BCUT2D eigenvalue weighted by atomic mass is 15.3. The third-order valence-corrected chi connectivity index (χ3v) is 2.46. The molecule has 13 heavy (non-hydrogen) atoms. The van der Waals surface area contributed by atoms with E-state index >= 15 is 0 Å². The van der Waals surface area contributed by atoms with Crippen molar-refractivity contribution >= 4 is 5.82 Å². The third-order valence-electron chi connectivity index (χ3n) is 2.46. The minimum atomic E-state index is 0.548. The summed E-state index contributed by atoms with van der Waals surface area (Å²) in [6.07, 6.45) is 1.20. The molecule has 4 heteroatoms. The van der Waals surface area contributed by atoms with Crippen LogP contribution in [-0.4, -0.2) is 9.97 Å². The van der Waals surface area contributed by atoms with Crippen LogP contribution in [0.4, 0.5) is 5.82 Å². The molecule has 2 rings (SSSR count). The van der Waals surface area contributed by atoms with Crippen LogP contribution in [0.15, 0.2) is 6.07 Å². The van der Waals surface area contributed by atoms with E-state index in [-0.39, 0.29) is 0 Å². The van der Waals surface area contributed by atoms with Gasteiger partial charge in [0.25, 0.3) is 0 Å². The van der Waals surface area contributed by atoms with Gasteiger partial charge in [0.05, 0.1) is 0 Å². The maximum Gasteiger partial charge on any atom is 0.143 e. The molecule has 0 radical (unpaired) electrons. The van der Waals surface area contributed by atoms with Crippen LogP contribution in [0, 0.1) is 12.8 Å². The maximum absolute atomic E-state index is 5.30. The molecule has 1 aliphatic carbocycles. The zero-order chi connectivity index (χ0) is 9.42. The van der Waals surface area contributed by atoms with Gasteiger partial charge < -0.3 is 5.43 Å². The lowest BCUT2D eigenvalue weighted by Gasteiger charge is -2.03. The number of nitrogens with one attached hydrogen (secondary N) is 1. The second kappa shape index (κ2) is 2.96. The average Bonchev–Trinajstić information content (AvgIpc) is 2.81. The summed E-state index contributed by atoms with van der Waals surface area (Å²) >= 11 is 0. The lowest BCUT2D eigenvalue weighted by molar-refractivity contribution is 0.833. The molecule has 0 aromatic carbocycles. The van der Waals surface area contributed by atoms with Gasteiger partial charge in [0, 0.05) is 17.7 Å². The monoisotopic (exact) mass is 178 g/mol. The summed E-state index contributed by atoms with van der Waals surface area (Å²) in [5.41, 5.74) is 3.52. The number of nitrogen functional groups attached to an aromatic ring is 1. The highest BCUT2D eigenvalue weighted by molar-refractivity contribution is 5.35. The molecule has 0 amide bonds. The van der Waals surface area contributed by atoms with Gasteiger partial charge in [0.1, 0.15) is 11.6 Å². The molecule has 70 valence electrons. The summed E-state index contributed by atoms with van der Waals surface area (Å²) in [7, 11) is 0. The van der Waals surface area contributed by atoms with Crippen LogP contribution in [0.5, 0.6) is 0 Å². The molecule has 0 bridgehead atoms. The molecule has 3 N–H and O–H groups in total. The van der Waals surface area contributed by atoms with E-state index in [2.05, 4.69) is 22.3 Å². The van der Waals surface area contributed by atoms with Crippen LogP contribution in [0.3, 0.4) is 0 Å². The first kappa shape index (κ1) is 8.44. The van der Waals surface area contributed by atoms with Crippen molar-refractivity contribution in [3.63, 3.8) is 0 Å². The first-order valence-electron chi connectivity index (χ1n) is 4.53. The Kier molecular flexibility index (Phi) is 1.92. The first-order valence-corrected chi connectivity index (χ1v) is 4.53. The Hall–Kier alpha value is -1.16. The van der Waals surface area contributed by atoms with E-state index in [9.17, 15) is 0 Å². The van der Waals surface area contributed by atoms with Gasteiger partial charge >= 0.3 is 0 Å². The summed E-state index contributed by atoms with van der Waals surface area (Å²) in [6, 6.07) is 1.84. The minimum Gasteiger partial charge on any atom is -0.308 e.